The number of anilines is 1. The normalized spacial score (nSPS) is 10.1. The zero-order chi connectivity index (χ0) is 14.4. The smallest absolute Gasteiger partial charge is 0.302 e. The van der Waals surface area contributed by atoms with Crippen LogP contribution in [0.5, 0.6) is 0 Å². The van der Waals surface area contributed by atoms with E-state index in [0.29, 0.717) is 12.1 Å². The molecule has 104 valence electrons. The van der Waals surface area contributed by atoms with Gasteiger partial charge in [-0.25, -0.2) is 0 Å². The number of oxazole rings is 1. The summed E-state index contributed by atoms with van der Waals surface area (Å²) >= 11 is 0. The van der Waals surface area contributed by atoms with Crippen molar-refractivity contribution in [1.82, 2.24) is 10.3 Å². The molecule has 0 saturated heterocycles. The maximum atomic E-state index is 11.9. The first-order valence-corrected chi connectivity index (χ1v) is 6.31. The van der Waals surface area contributed by atoms with E-state index in [2.05, 4.69) is 15.6 Å². The van der Waals surface area contributed by atoms with E-state index in [-0.39, 0.29) is 23.5 Å². The molecule has 6 heteroatoms. The summed E-state index contributed by atoms with van der Waals surface area (Å²) in [6, 6.07) is 8.68. The molecule has 2 rings (SSSR count). The van der Waals surface area contributed by atoms with Crippen molar-refractivity contribution in [2.45, 2.75) is 13.3 Å². The second-order valence-electron chi connectivity index (χ2n) is 4.11. The van der Waals surface area contributed by atoms with Crippen molar-refractivity contribution in [3.63, 3.8) is 0 Å². The van der Waals surface area contributed by atoms with E-state index >= 15 is 0 Å². The van der Waals surface area contributed by atoms with E-state index in [4.69, 9.17) is 4.42 Å². The molecular weight excluding hydrogens is 258 g/mol. The SMILES string of the molecule is CCCNC(=O)c1coc(NC(=O)c2ccccc2)n1. The third kappa shape index (κ3) is 3.44. The van der Waals surface area contributed by atoms with Crippen molar-refractivity contribution >= 4 is 17.8 Å². The maximum absolute atomic E-state index is 11.9. The van der Waals surface area contributed by atoms with Crippen LogP contribution in [0.25, 0.3) is 0 Å². The van der Waals surface area contributed by atoms with Crippen LogP contribution < -0.4 is 10.6 Å². The summed E-state index contributed by atoms with van der Waals surface area (Å²) in [5.74, 6) is -0.663. The summed E-state index contributed by atoms with van der Waals surface area (Å²) in [5, 5.41) is 5.17. The molecule has 1 heterocycles. The first-order valence-electron chi connectivity index (χ1n) is 6.31. The molecule has 2 amide bonds. The van der Waals surface area contributed by atoms with E-state index in [1.54, 1.807) is 24.3 Å². The Kier molecular flexibility index (Phi) is 4.49. The van der Waals surface area contributed by atoms with Gasteiger partial charge in [-0.1, -0.05) is 25.1 Å². The highest BCUT2D eigenvalue weighted by molar-refractivity contribution is 6.03. The van der Waals surface area contributed by atoms with Crippen LogP contribution in [0.1, 0.15) is 34.2 Å². The van der Waals surface area contributed by atoms with E-state index in [0.717, 1.165) is 6.42 Å². The first kappa shape index (κ1) is 13.8. The number of nitrogens with zero attached hydrogens (tertiary/aromatic N) is 1. The van der Waals surface area contributed by atoms with Crippen LogP contribution in [-0.4, -0.2) is 23.3 Å². The third-order valence-corrected chi connectivity index (χ3v) is 2.53. The number of carbonyl (C=O) groups is 2. The van der Waals surface area contributed by atoms with Gasteiger partial charge in [0.05, 0.1) is 0 Å². The van der Waals surface area contributed by atoms with Gasteiger partial charge in [0.1, 0.15) is 6.26 Å². The number of aromatic nitrogens is 1. The van der Waals surface area contributed by atoms with Crippen molar-refractivity contribution in [1.29, 1.82) is 0 Å². The van der Waals surface area contributed by atoms with Crippen LogP contribution in [0.2, 0.25) is 0 Å². The minimum atomic E-state index is -0.340. The van der Waals surface area contributed by atoms with Crippen LogP contribution in [0.3, 0.4) is 0 Å². The Morgan fingerprint density at radius 1 is 1.20 bits per heavy atom. The highest BCUT2D eigenvalue weighted by Gasteiger charge is 2.14. The Morgan fingerprint density at radius 3 is 2.65 bits per heavy atom. The van der Waals surface area contributed by atoms with Gasteiger partial charge in [-0.15, -0.1) is 0 Å². The van der Waals surface area contributed by atoms with Gasteiger partial charge in [-0.05, 0) is 18.6 Å². The molecular formula is C14H15N3O3. The summed E-state index contributed by atoms with van der Waals surface area (Å²) in [6.07, 6.45) is 2.05. The van der Waals surface area contributed by atoms with Gasteiger partial charge in [0.15, 0.2) is 5.69 Å². The number of benzene rings is 1. The van der Waals surface area contributed by atoms with E-state index < -0.39 is 0 Å². The molecule has 0 aliphatic carbocycles. The average Bonchev–Trinajstić information content (AvgIpc) is 2.94. The van der Waals surface area contributed by atoms with Crippen molar-refractivity contribution < 1.29 is 14.0 Å². The molecule has 0 atom stereocenters. The molecule has 1 aromatic heterocycles. The number of rotatable bonds is 5. The van der Waals surface area contributed by atoms with E-state index in [1.165, 1.54) is 6.26 Å². The van der Waals surface area contributed by atoms with Crippen molar-refractivity contribution in [3.8, 4) is 0 Å². The Labute approximate surface area is 116 Å². The summed E-state index contributed by atoms with van der Waals surface area (Å²) in [7, 11) is 0. The minimum Gasteiger partial charge on any atom is -0.431 e. The van der Waals surface area contributed by atoms with E-state index in [1.807, 2.05) is 13.0 Å². The number of amides is 2. The Hall–Kier alpha value is -2.63. The molecule has 2 N–H and O–H groups in total. The molecule has 6 nitrogen and oxygen atoms in total. The zero-order valence-electron chi connectivity index (χ0n) is 11.1. The topological polar surface area (TPSA) is 84.2 Å². The Bertz CT molecular complexity index is 593. The fourth-order valence-corrected chi connectivity index (χ4v) is 1.52. The molecule has 0 fully saturated rings. The highest BCUT2D eigenvalue weighted by atomic mass is 16.4. The molecule has 0 aliphatic heterocycles. The predicted molar refractivity (Wildman–Crippen MR) is 73.5 cm³/mol. The zero-order valence-corrected chi connectivity index (χ0v) is 11.1. The monoisotopic (exact) mass is 273 g/mol. The Balaban J connectivity index is 1.99. The molecule has 2 aromatic rings. The van der Waals surface area contributed by atoms with Crippen LogP contribution in [0, 0.1) is 0 Å². The molecule has 0 unspecified atom stereocenters. The number of carbonyl (C=O) groups excluding carboxylic acids is 2. The fraction of sp³-hybridized carbons (Fsp3) is 0.214. The number of hydrogen-bond donors (Lipinski definition) is 2. The molecule has 0 radical (unpaired) electrons. The van der Waals surface area contributed by atoms with Gasteiger partial charge in [0.25, 0.3) is 11.8 Å². The fourth-order valence-electron chi connectivity index (χ4n) is 1.52. The summed E-state index contributed by atoms with van der Waals surface area (Å²) < 4.78 is 5.05. The third-order valence-electron chi connectivity index (χ3n) is 2.53. The molecule has 20 heavy (non-hydrogen) atoms. The lowest BCUT2D eigenvalue weighted by Gasteiger charge is -2.00. The van der Waals surface area contributed by atoms with Crippen LogP contribution in [-0.2, 0) is 0 Å². The molecule has 0 aliphatic rings. The highest BCUT2D eigenvalue weighted by Crippen LogP contribution is 2.09. The average molecular weight is 273 g/mol. The standard InChI is InChI=1S/C14H15N3O3/c1-2-8-15-13(19)11-9-20-14(16-11)17-12(18)10-6-4-3-5-7-10/h3-7,9H,2,8H2,1H3,(H,15,19)(H,16,17,18). The van der Waals surface area contributed by atoms with Gasteiger partial charge in [0, 0.05) is 12.1 Å². The van der Waals surface area contributed by atoms with Gasteiger partial charge >= 0.3 is 6.01 Å². The molecule has 0 saturated carbocycles. The lowest BCUT2D eigenvalue weighted by Crippen LogP contribution is -2.24. The van der Waals surface area contributed by atoms with Gasteiger partial charge < -0.3 is 9.73 Å². The first-order chi connectivity index (χ1) is 9.70. The van der Waals surface area contributed by atoms with Crippen LogP contribution in [0.15, 0.2) is 41.0 Å². The Morgan fingerprint density at radius 2 is 1.95 bits per heavy atom. The lowest BCUT2D eigenvalue weighted by atomic mass is 10.2. The van der Waals surface area contributed by atoms with Gasteiger partial charge in [-0.3, -0.25) is 14.9 Å². The molecule has 0 bridgehead atoms. The van der Waals surface area contributed by atoms with Crippen molar-refractivity contribution in [2.24, 2.45) is 0 Å². The molecule has 1 aromatic carbocycles. The van der Waals surface area contributed by atoms with Crippen molar-refractivity contribution in [3.05, 3.63) is 47.9 Å². The largest absolute Gasteiger partial charge is 0.431 e. The molecule has 0 spiro atoms. The number of nitrogens with one attached hydrogen (secondary N) is 2. The summed E-state index contributed by atoms with van der Waals surface area (Å²) in [5.41, 5.74) is 0.629. The second kappa shape index (κ2) is 6.51. The summed E-state index contributed by atoms with van der Waals surface area (Å²) in [4.78, 5) is 27.4. The quantitative estimate of drug-likeness (QED) is 0.873. The van der Waals surface area contributed by atoms with Crippen molar-refractivity contribution in [2.75, 3.05) is 11.9 Å². The maximum Gasteiger partial charge on any atom is 0.302 e. The second-order valence-corrected chi connectivity index (χ2v) is 4.11. The van der Waals surface area contributed by atoms with Gasteiger partial charge in [-0.2, -0.15) is 4.98 Å². The van der Waals surface area contributed by atoms with Crippen LogP contribution in [0.4, 0.5) is 6.01 Å². The van der Waals surface area contributed by atoms with Crippen LogP contribution >= 0.6 is 0 Å². The van der Waals surface area contributed by atoms with E-state index in [9.17, 15) is 9.59 Å². The number of hydrogen-bond acceptors (Lipinski definition) is 4. The lowest BCUT2D eigenvalue weighted by molar-refractivity contribution is 0.0947. The van der Waals surface area contributed by atoms with Gasteiger partial charge in [0.2, 0.25) is 0 Å². The summed E-state index contributed by atoms with van der Waals surface area (Å²) in [6.45, 7) is 2.52. The predicted octanol–water partition coefficient (Wildman–Crippen LogP) is 2.07. The minimum absolute atomic E-state index is 0.000464.